The molecule has 0 amide bonds. The first kappa shape index (κ1) is 18.8. The van der Waals surface area contributed by atoms with Crippen molar-refractivity contribution in [1.82, 2.24) is 0 Å². The van der Waals surface area contributed by atoms with E-state index in [0.29, 0.717) is 0 Å². The van der Waals surface area contributed by atoms with Crippen LogP contribution in [0.1, 0.15) is 0 Å². The normalized spacial score (nSPS) is 12.2. The van der Waals surface area contributed by atoms with Gasteiger partial charge in [-0.2, -0.15) is 0 Å². The van der Waals surface area contributed by atoms with E-state index in [2.05, 4.69) is 115 Å². The van der Waals surface area contributed by atoms with Crippen molar-refractivity contribution in [3.63, 3.8) is 0 Å². The smallest absolute Gasteiger partial charge is 0.136 e. The van der Waals surface area contributed by atoms with E-state index in [4.69, 9.17) is 4.74 Å². The van der Waals surface area contributed by atoms with Gasteiger partial charge in [0.15, 0.2) is 0 Å². The van der Waals surface area contributed by atoms with Gasteiger partial charge in [-0.1, -0.05) is 97.1 Å². The number of hydrogen-bond acceptors (Lipinski definition) is 1. The average Bonchev–Trinajstić information content (AvgIpc) is 2.91. The molecule has 0 aliphatic carbocycles. The minimum Gasteiger partial charge on any atom is -0.456 e. The number of fused-ring (bicyclic) bond motifs is 6. The zero-order valence-electron chi connectivity index (χ0n) is 19.0. The lowest BCUT2D eigenvalue weighted by Crippen LogP contribution is -1.97. The molecule has 0 bridgehead atoms. The number of benzene rings is 7. The first-order valence-electron chi connectivity index (χ1n) is 12.0. The molecule has 0 atom stereocenters. The zero-order chi connectivity index (χ0) is 22.9. The highest BCUT2D eigenvalue weighted by atomic mass is 16.5. The summed E-state index contributed by atoms with van der Waals surface area (Å²) in [7, 11) is 0. The number of hydrogen-bond donors (Lipinski definition) is 0. The highest BCUT2D eigenvalue weighted by Crippen LogP contribution is 2.49. The van der Waals surface area contributed by atoms with E-state index >= 15 is 0 Å². The van der Waals surface area contributed by atoms with Gasteiger partial charge in [0.05, 0.1) is 0 Å². The highest BCUT2D eigenvalue weighted by Gasteiger charge is 2.22. The summed E-state index contributed by atoms with van der Waals surface area (Å²) in [5.74, 6) is 1.84. The van der Waals surface area contributed by atoms with Gasteiger partial charge in [-0.05, 0) is 78.7 Å². The molecule has 1 heteroatoms. The molecule has 0 unspecified atom stereocenters. The molecule has 0 spiro atoms. The SMILES string of the molecule is c1ccc2c(c1)Oc1cc(-c3c4ccccc4cc4ccc5ccccc5c34)cc3cccc-2c13. The fourth-order valence-electron chi connectivity index (χ4n) is 5.87. The molecule has 162 valence electrons. The predicted octanol–water partition coefficient (Wildman–Crippen LogP) is 9.74. The van der Waals surface area contributed by atoms with Gasteiger partial charge in [0.2, 0.25) is 0 Å². The molecule has 1 nitrogen and oxygen atoms in total. The maximum atomic E-state index is 6.52. The van der Waals surface area contributed by atoms with Crippen LogP contribution in [0.15, 0.2) is 121 Å². The maximum absolute atomic E-state index is 6.52. The van der Waals surface area contributed by atoms with Crippen molar-refractivity contribution < 1.29 is 4.74 Å². The Hall–Kier alpha value is -4.62. The molecule has 7 aromatic rings. The van der Waals surface area contributed by atoms with Crippen LogP contribution in [-0.4, -0.2) is 0 Å². The molecule has 7 aromatic carbocycles. The fourth-order valence-corrected chi connectivity index (χ4v) is 5.87. The molecule has 8 rings (SSSR count). The molecular formula is C34H20O. The quantitative estimate of drug-likeness (QED) is 0.181. The largest absolute Gasteiger partial charge is 0.456 e. The van der Waals surface area contributed by atoms with Crippen LogP contribution in [-0.2, 0) is 0 Å². The highest BCUT2D eigenvalue weighted by molar-refractivity contribution is 6.22. The van der Waals surface area contributed by atoms with E-state index in [0.717, 1.165) is 17.1 Å². The summed E-state index contributed by atoms with van der Waals surface area (Å²) >= 11 is 0. The molecule has 1 aliphatic heterocycles. The van der Waals surface area contributed by atoms with E-state index in [1.54, 1.807) is 0 Å². The van der Waals surface area contributed by atoms with E-state index in [1.807, 2.05) is 6.07 Å². The fraction of sp³-hybridized carbons (Fsp3) is 0. The minimum atomic E-state index is 0.915. The predicted molar refractivity (Wildman–Crippen MR) is 147 cm³/mol. The Balaban J connectivity index is 1.54. The van der Waals surface area contributed by atoms with Gasteiger partial charge in [0.1, 0.15) is 11.5 Å². The lowest BCUT2D eigenvalue weighted by atomic mass is 9.87. The molecule has 0 saturated heterocycles. The van der Waals surface area contributed by atoms with Crippen molar-refractivity contribution in [2.45, 2.75) is 0 Å². The van der Waals surface area contributed by atoms with Crippen LogP contribution in [0.2, 0.25) is 0 Å². The van der Waals surface area contributed by atoms with Gasteiger partial charge in [-0.25, -0.2) is 0 Å². The van der Waals surface area contributed by atoms with E-state index < -0.39 is 0 Å². The van der Waals surface area contributed by atoms with Crippen LogP contribution in [0.5, 0.6) is 11.5 Å². The lowest BCUT2D eigenvalue weighted by molar-refractivity contribution is 0.487. The average molecular weight is 445 g/mol. The van der Waals surface area contributed by atoms with Crippen molar-refractivity contribution in [3.05, 3.63) is 121 Å². The molecule has 0 aromatic heterocycles. The van der Waals surface area contributed by atoms with E-state index in [9.17, 15) is 0 Å². The monoisotopic (exact) mass is 444 g/mol. The van der Waals surface area contributed by atoms with Gasteiger partial charge in [0, 0.05) is 10.9 Å². The zero-order valence-corrected chi connectivity index (χ0v) is 19.0. The van der Waals surface area contributed by atoms with Crippen LogP contribution in [0.25, 0.3) is 65.3 Å². The number of rotatable bonds is 1. The topological polar surface area (TPSA) is 9.23 Å². The Bertz CT molecular complexity index is 1980. The number of ether oxygens (including phenoxy) is 1. The van der Waals surface area contributed by atoms with Crippen LogP contribution < -0.4 is 4.74 Å². The van der Waals surface area contributed by atoms with Crippen molar-refractivity contribution >= 4 is 43.1 Å². The van der Waals surface area contributed by atoms with Crippen LogP contribution in [0.3, 0.4) is 0 Å². The van der Waals surface area contributed by atoms with Crippen molar-refractivity contribution in [2.75, 3.05) is 0 Å². The Morgan fingerprint density at radius 1 is 0.400 bits per heavy atom. The first-order valence-corrected chi connectivity index (χ1v) is 12.0. The van der Waals surface area contributed by atoms with Crippen LogP contribution >= 0.6 is 0 Å². The first-order chi connectivity index (χ1) is 17.3. The lowest BCUT2D eigenvalue weighted by Gasteiger charge is -2.23. The summed E-state index contributed by atoms with van der Waals surface area (Å²) in [6.45, 7) is 0. The minimum absolute atomic E-state index is 0.915. The Kier molecular flexibility index (Phi) is 3.72. The molecule has 0 fully saturated rings. The second-order valence-corrected chi connectivity index (χ2v) is 9.33. The summed E-state index contributed by atoms with van der Waals surface area (Å²) in [6, 6.07) is 43.7. The van der Waals surface area contributed by atoms with Gasteiger partial charge in [-0.15, -0.1) is 0 Å². The summed E-state index contributed by atoms with van der Waals surface area (Å²) in [5.41, 5.74) is 4.84. The third-order valence-corrected chi connectivity index (χ3v) is 7.38. The second-order valence-electron chi connectivity index (χ2n) is 9.33. The Labute approximate surface area is 202 Å². The standard InChI is InChI=1S/C34H20O/c1-3-11-26-21(8-1)16-17-24-18-22-9-2-4-12-27(22)34(33(24)26)25-19-23-10-7-14-29-28-13-5-6-15-30(28)35-31(20-25)32(23)29/h1-20H. The summed E-state index contributed by atoms with van der Waals surface area (Å²) in [6.07, 6.45) is 0. The molecule has 1 aliphatic rings. The molecule has 0 saturated carbocycles. The van der Waals surface area contributed by atoms with Gasteiger partial charge >= 0.3 is 0 Å². The second kappa shape index (κ2) is 6.94. The third-order valence-electron chi connectivity index (χ3n) is 7.38. The van der Waals surface area contributed by atoms with Gasteiger partial charge < -0.3 is 4.74 Å². The van der Waals surface area contributed by atoms with Gasteiger partial charge in [-0.3, -0.25) is 0 Å². The number of para-hydroxylation sites is 1. The van der Waals surface area contributed by atoms with E-state index in [1.165, 1.54) is 59.8 Å². The summed E-state index contributed by atoms with van der Waals surface area (Å²) < 4.78 is 6.52. The van der Waals surface area contributed by atoms with Crippen molar-refractivity contribution in [2.24, 2.45) is 0 Å². The Morgan fingerprint density at radius 2 is 1.09 bits per heavy atom. The van der Waals surface area contributed by atoms with Crippen LogP contribution in [0, 0.1) is 0 Å². The molecule has 1 heterocycles. The van der Waals surface area contributed by atoms with E-state index in [-0.39, 0.29) is 0 Å². The van der Waals surface area contributed by atoms with Crippen molar-refractivity contribution in [1.29, 1.82) is 0 Å². The van der Waals surface area contributed by atoms with Gasteiger partial charge in [0.25, 0.3) is 0 Å². The molecule has 35 heavy (non-hydrogen) atoms. The maximum Gasteiger partial charge on any atom is 0.136 e. The molecule has 0 N–H and O–H groups in total. The third kappa shape index (κ3) is 2.64. The summed E-state index contributed by atoms with van der Waals surface area (Å²) in [5, 5.41) is 9.97. The Morgan fingerprint density at radius 3 is 2.03 bits per heavy atom. The van der Waals surface area contributed by atoms with Crippen molar-refractivity contribution in [3.8, 4) is 33.8 Å². The summed E-state index contributed by atoms with van der Waals surface area (Å²) in [4.78, 5) is 0. The van der Waals surface area contributed by atoms with Crippen LogP contribution in [0.4, 0.5) is 0 Å². The molecule has 0 radical (unpaired) electrons. The molecular weight excluding hydrogens is 424 g/mol.